The monoisotopic (exact) mass is 283 g/mol. The van der Waals surface area contributed by atoms with Crippen LogP contribution in [0.5, 0.6) is 0 Å². The van der Waals surface area contributed by atoms with Crippen LogP contribution in [0.2, 0.25) is 0 Å². The van der Waals surface area contributed by atoms with Gasteiger partial charge in [-0.1, -0.05) is 0 Å². The molecule has 1 fully saturated rings. The van der Waals surface area contributed by atoms with E-state index in [0.29, 0.717) is 17.4 Å². The lowest BCUT2D eigenvalue weighted by atomic mass is 10.2. The highest BCUT2D eigenvalue weighted by Crippen LogP contribution is 2.23. The smallest absolute Gasteiger partial charge is 0.226 e. The minimum absolute atomic E-state index is 0.0310. The van der Waals surface area contributed by atoms with Crippen LogP contribution in [0.4, 0.5) is 5.69 Å². The third-order valence-corrected chi connectivity index (χ3v) is 5.45. The van der Waals surface area contributed by atoms with Crippen molar-refractivity contribution in [2.45, 2.75) is 11.7 Å². The molecule has 0 bridgehead atoms. The number of rotatable bonds is 4. The molecule has 1 unspecified atom stereocenters. The molecule has 1 aliphatic heterocycles. The SMILES string of the molecule is Nc1ccc(CC(=O)NCC2CSCCS2)nc1. The van der Waals surface area contributed by atoms with Crippen molar-refractivity contribution in [1.82, 2.24) is 10.3 Å². The van der Waals surface area contributed by atoms with E-state index < -0.39 is 0 Å². The molecule has 3 N–H and O–H groups in total. The topological polar surface area (TPSA) is 68.0 Å². The predicted molar refractivity (Wildman–Crippen MR) is 78.9 cm³/mol. The van der Waals surface area contributed by atoms with Gasteiger partial charge in [0.05, 0.1) is 18.3 Å². The van der Waals surface area contributed by atoms with Crippen LogP contribution in [0.15, 0.2) is 18.3 Å². The third kappa shape index (κ3) is 4.42. The zero-order chi connectivity index (χ0) is 12.8. The number of pyridine rings is 1. The second-order valence-corrected chi connectivity index (χ2v) is 6.69. The molecule has 1 aliphatic rings. The van der Waals surface area contributed by atoms with Crippen molar-refractivity contribution < 1.29 is 4.79 Å². The number of nitrogens with two attached hydrogens (primary N) is 1. The van der Waals surface area contributed by atoms with Crippen LogP contribution in [0.3, 0.4) is 0 Å². The maximum atomic E-state index is 11.7. The number of nitrogens with one attached hydrogen (secondary N) is 1. The molecular weight excluding hydrogens is 266 g/mol. The maximum Gasteiger partial charge on any atom is 0.226 e. The molecule has 1 atom stereocenters. The number of anilines is 1. The molecule has 98 valence electrons. The van der Waals surface area contributed by atoms with Crippen molar-refractivity contribution >= 4 is 35.1 Å². The van der Waals surface area contributed by atoms with Crippen molar-refractivity contribution in [2.24, 2.45) is 0 Å². The Morgan fingerprint density at radius 2 is 2.39 bits per heavy atom. The number of carbonyl (C=O) groups excluding carboxylic acids is 1. The fraction of sp³-hybridized carbons (Fsp3) is 0.500. The van der Waals surface area contributed by atoms with Gasteiger partial charge in [0, 0.05) is 34.7 Å². The minimum Gasteiger partial charge on any atom is -0.397 e. The summed E-state index contributed by atoms with van der Waals surface area (Å²) in [5.41, 5.74) is 6.92. The van der Waals surface area contributed by atoms with Gasteiger partial charge in [-0.15, -0.1) is 0 Å². The predicted octanol–water partition coefficient (Wildman–Crippen LogP) is 1.17. The highest BCUT2D eigenvalue weighted by molar-refractivity contribution is 8.06. The highest BCUT2D eigenvalue weighted by Gasteiger charge is 2.15. The van der Waals surface area contributed by atoms with Gasteiger partial charge in [-0.3, -0.25) is 9.78 Å². The van der Waals surface area contributed by atoms with Crippen molar-refractivity contribution in [3.63, 3.8) is 0 Å². The molecule has 2 rings (SSSR count). The molecule has 0 radical (unpaired) electrons. The van der Waals surface area contributed by atoms with Gasteiger partial charge in [-0.2, -0.15) is 23.5 Å². The number of amides is 1. The van der Waals surface area contributed by atoms with Gasteiger partial charge in [0.1, 0.15) is 0 Å². The second kappa shape index (κ2) is 6.89. The number of nitrogen functional groups attached to an aromatic ring is 1. The number of hydrogen-bond acceptors (Lipinski definition) is 5. The summed E-state index contributed by atoms with van der Waals surface area (Å²) in [6.07, 6.45) is 1.90. The average Bonchev–Trinajstić information content (AvgIpc) is 2.40. The Labute approximate surface area is 115 Å². The van der Waals surface area contributed by atoms with E-state index >= 15 is 0 Å². The van der Waals surface area contributed by atoms with E-state index in [9.17, 15) is 4.79 Å². The number of hydrogen-bond donors (Lipinski definition) is 2. The summed E-state index contributed by atoms with van der Waals surface area (Å²) in [4.78, 5) is 15.9. The Morgan fingerprint density at radius 3 is 3.06 bits per heavy atom. The molecule has 1 saturated heterocycles. The molecule has 6 heteroatoms. The van der Waals surface area contributed by atoms with Crippen molar-refractivity contribution in [2.75, 3.05) is 29.5 Å². The Kier molecular flexibility index (Phi) is 5.19. The van der Waals surface area contributed by atoms with Gasteiger partial charge >= 0.3 is 0 Å². The molecule has 1 aromatic heterocycles. The normalized spacial score (nSPS) is 19.4. The summed E-state index contributed by atoms with van der Waals surface area (Å²) in [6, 6.07) is 3.56. The lowest BCUT2D eigenvalue weighted by molar-refractivity contribution is -0.120. The standard InChI is InChI=1S/C12H17N3OS2/c13-9-1-2-10(14-6-9)5-12(16)15-7-11-8-17-3-4-18-11/h1-2,6,11H,3-5,7-8,13H2,(H,15,16). The van der Waals surface area contributed by atoms with Crippen LogP contribution in [-0.2, 0) is 11.2 Å². The average molecular weight is 283 g/mol. The largest absolute Gasteiger partial charge is 0.397 e. The fourth-order valence-corrected chi connectivity index (χ4v) is 4.26. The van der Waals surface area contributed by atoms with Gasteiger partial charge in [0.2, 0.25) is 5.91 Å². The first-order chi connectivity index (χ1) is 8.74. The number of nitrogens with zero attached hydrogens (tertiary/aromatic N) is 1. The summed E-state index contributed by atoms with van der Waals surface area (Å²) >= 11 is 3.91. The van der Waals surface area contributed by atoms with E-state index in [1.54, 1.807) is 18.3 Å². The molecule has 4 nitrogen and oxygen atoms in total. The van der Waals surface area contributed by atoms with Gasteiger partial charge < -0.3 is 11.1 Å². The molecule has 1 amide bonds. The van der Waals surface area contributed by atoms with E-state index in [1.807, 2.05) is 23.5 Å². The molecule has 0 aliphatic carbocycles. The van der Waals surface area contributed by atoms with Gasteiger partial charge in [-0.05, 0) is 12.1 Å². The first kappa shape index (κ1) is 13.5. The van der Waals surface area contributed by atoms with Crippen LogP contribution in [0.25, 0.3) is 0 Å². The van der Waals surface area contributed by atoms with Crippen molar-refractivity contribution in [3.8, 4) is 0 Å². The van der Waals surface area contributed by atoms with Gasteiger partial charge in [-0.25, -0.2) is 0 Å². The molecule has 1 aromatic rings. The van der Waals surface area contributed by atoms with Gasteiger partial charge in [0.15, 0.2) is 0 Å². The van der Waals surface area contributed by atoms with Gasteiger partial charge in [0.25, 0.3) is 0 Å². The summed E-state index contributed by atoms with van der Waals surface area (Å²) in [7, 11) is 0. The molecule has 18 heavy (non-hydrogen) atoms. The Morgan fingerprint density at radius 1 is 1.50 bits per heavy atom. The minimum atomic E-state index is 0.0310. The summed E-state index contributed by atoms with van der Waals surface area (Å²) in [6.45, 7) is 0.755. The first-order valence-electron chi connectivity index (χ1n) is 5.90. The Hall–Kier alpha value is -0.880. The van der Waals surface area contributed by atoms with E-state index in [-0.39, 0.29) is 5.91 Å². The second-order valence-electron chi connectivity index (χ2n) is 4.13. The van der Waals surface area contributed by atoms with E-state index in [2.05, 4.69) is 10.3 Å². The zero-order valence-corrected chi connectivity index (χ0v) is 11.7. The number of aromatic nitrogens is 1. The number of carbonyl (C=O) groups is 1. The van der Waals surface area contributed by atoms with E-state index in [4.69, 9.17) is 5.73 Å². The maximum absolute atomic E-state index is 11.7. The van der Waals surface area contributed by atoms with E-state index in [0.717, 1.165) is 18.0 Å². The molecule has 0 saturated carbocycles. The molecule has 0 aromatic carbocycles. The molecule has 2 heterocycles. The fourth-order valence-electron chi connectivity index (χ4n) is 1.65. The lowest BCUT2D eigenvalue weighted by Crippen LogP contribution is -2.34. The highest BCUT2D eigenvalue weighted by atomic mass is 32.2. The van der Waals surface area contributed by atoms with Crippen LogP contribution in [0.1, 0.15) is 5.69 Å². The van der Waals surface area contributed by atoms with Crippen molar-refractivity contribution in [1.29, 1.82) is 0 Å². The quantitative estimate of drug-likeness (QED) is 0.868. The summed E-state index contributed by atoms with van der Waals surface area (Å²) in [5.74, 6) is 3.57. The third-order valence-electron chi connectivity index (χ3n) is 2.60. The number of thioether (sulfide) groups is 2. The van der Waals surface area contributed by atoms with Crippen LogP contribution < -0.4 is 11.1 Å². The van der Waals surface area contributed by atoms with E-state index in [1.165, 1.54) is 11.5 Å². The van der Waals surface area contributed by atoms with Crippen molar-refractivity contribution in [3.05, 3.63) is 24.0 Å². The lowest BCUT2D eigenvalue weighted by Gasteiger charge is -2.21. The summed E-state index contributed by atoms with van der Waals surface area (Å²) in [5, 5.41) is 3.52. The van der Waals surface area contributed by atoms with Crippen LogP contribution in [-0.4, -0.2) is 39.9 Å². The molecule has 0 spiro atoms. The van der Waals surface area contributed by atoms with Crippen LogP contribution >= 0.6 is 23.5 Å². The molecular formula is C12H17N3OS2. The zero-order valence-electron chi connectivity index (χ0n) is 10.1. The van der Waals surface area contributed by atoms with Crippen LogP contribution in [0, 0.1) is 0 Å². The first-order valence-corrected chi connectivity index (χ1v) is 8.11. The Balaban J connectivity index is 1.73. The Bertz CT molecular complexity index is 391. The summed E-state index contributed by atoms with van der Waals surface area (Å²) < 4.78 is 0.